The van der Waals surface area contributed by atoms with Crippen molar-refractivity contribution in [1.29, 1.82) is 0 Å². The number of halogens is 1. The van der Waals surface area contributed by atoms with E-state index in [9.17, 15) is 4.39 Å². The van der Waals surface area contributed by atoms with E-state index in [1.807, 2.05) is 0 Å². The Kier molecular flexibility index (Phi) is 22.5. The largest absolute Gasteiger partial charge is 0.327 e. The number of hydrogen-bond donors (Lipinski definition) is 5. The SMILES string of the molecule is CC(C)N1CC2CCC1[C@@H]2N.CC(C)N1CCC[C@@H](N)C1.CC(C)N1C[C@@H](N)CC[C@H]1C.CC(C)N1C[C@H](N)CC[C@@H]1C.CC(C)N1C[C@H](N)C[C@@H](F)C1. The zero-order valence-electron chi connectivity index (χ0n) is 37.5. The van der Waals surface area contributed by atoms with E-state index < -0.39 is 6.17 Å². The molecule has 0 aromatic heterocycles. The van der Waals surface area contributed by atoms with Crippen LogP contribution in [0.15, 0.2) is 0 Å². The van der Waals surface area contributed by atoms with Gasteiger partial charge in [0.2, 0.25) is 0 Å². The molecule has 0 amide bonds. The number of alkyl halides is 1. The molecule has 2 unspecified atom stereocenters. The van der Waals surface area contributed by atoms with E-state index in [-0.39, 0.29) is 6.04 Å². The van der Waals surface area contributed by atoms with E-state index in [2.05, 4.69) is 108 Å². The third-order valence-corrected chi connectivity index (χ3v) is 13.0. The minimum Gasteiger partial charge on any atom is -0.327 e. The second kappa shape index (κ2) is 24.5. The number of nitrogens with zero attached hydrogens (tertiary/aromatic N) is 5. The zero-order valence-corrected chi connectivity index (χ0v) is 37.5. The van der Waals surface area contributed by atoms with Crippen molar-refractivity contribution < 1.29 is 4.39 Å². The molecule has 0 spiro atoms. The van der Waals surface area contributed by atoms with Crippen LogP contribution in [0.4, 0.5) is 4.39 Å². The highest BCUT2D eigenvalue weighted by Gasteiger charge is 2.45. The molecule has 1 saturated carbocycles. The Balaban J connectivity index is 0.000000234. The number of fused-ring (bicyclic) bond motifs is 2. The standard InChI is InChI=1S/C9H18N2.2C9H20N2.C8H17FN2.C8H18N2/c1-6(2)11-5-7-3-4-8(11)9(7)10;2*1-7(2)11-6-9(10)5-4-8(11)3;1-6(2)11-4-7(9)3-8(10)5-11;1-7(2)10-5-3-4-8(9)6-10/h6-9H,3-5,10H2,1-2H3;2*7-9H,4-6,10H2,1-3H3;6-8H,3-5,10H2,1-2H3;7-8H,3-6,9H2,1-2H3/t7?,8?,9-;2*8-,9+;7-,8-;8-/m11011/s1. The van der Waals surface area contributed by atoms with Gasteiger partial charge in [0.25, 0.3) is 0 Å². The first-order valence-corrected chi connectivity index (χ1v) is 22.4. The van der Waals surface area contributed by atoms with Crippen molar-refractivity contribution in [3.05, 3.63) is 0 Å². The Bertz CT molecular complexity index is 933. The smallest absolute Gasteiger partial charge is 0.114 e. The summed E-state index contributed by atoms with van der Waals surface area (Å²) < 4.78 is 12.9. The van der Waals surface area contributed by atoms with Crippen LogP contribution >= 0.6 is 0 Å². The lowest BCUT2D eigenvalue weighted by Gasteiger charge is -2.39. The van der Waals surface area contributed by atoms with Gasteiger partial charge in [-0.3, -0.25) is 24.5 Å². The lowest BCUT2D eigenvalue weighted by molar-refractivity contribution is 0.0987. The van der Waals surface area contributed by atoms with Crippen molar-refractivity contribution in [2.45, 2.75) is 226 Å². The van der Waals surface area contributed by atoms with E-state index in [4.69, 9.17) is 28.7 Å². The number of hydrogen-bond acceptors (Lipinski definition) is 10. The second-order valence-corrected chi connectivity index (χ2v) is 19.4. The molecule has 5 saturated heterocycles. The molecule has 2 bridgehead atoms. The highest BCUT2D eigenvalue weighted by atomic mass is 19.1. The summed E-state index contributed by atoms with van der Waals surface area (Å²) in [5.74, 6) is 0.808. The lowest BCUT2D eigenvalue weighted by atomic mass is 9.99. The Morgan fingerprint density at radius 2 is 0.926 bits per heavy atom. The van der Waals surface area contributed by atoms with E-state index >= 15 is 0 Å². The fourth-order valence-corrected chi connectivity index (χ4v) is 9.49. The average molecular weight is 769 g/mol. The summed E-state index contributed by atoms with van der Waals surface area (Å²) in [6.07, 6.45) is 9.93. The predicted molar refractivity (Wildman–Crippen MR) is 231 cm³/mol. The van der Waals surface area contributed by atoms with Gasteiger partial charge < -0.3 is 28.7 Å². The first-order chi connectivity index (χ1) is 25.2. The molecule has 11 heteroatoms. The summed E-state index contributed by atoms with van der Waals surface area (Å²) >= 11 is 0. The van der Waals surface area contributed by atoms with Gasteiger partial charge in [-0.15, -0.1) is 0 Å². The summed E-state index contributed by atoms with van der Waals surface area (Å²) in [4.78, 5) is 12.1. The van der Waals surface area contributed by atoms with E-state index in [1.54, 1.807) is 0 Å². The third-order valence-electron chi connectivity index (χ3n) is 13.0. The summed E-state index contributed by atoms with van der Waals surface area (Å²) in [6, 6.07) is 7.01. The van der Waals surface area contributed by atoms with Gasteiger partial charge in [-0.2, -0.15) is 0 Å². The summed E-state index contributed by atoms with van der Waals surface area (Å²) in [5.41, 5.74) is 29.3. The third kappa shape index (κ3) is 16.8. The van der Waals surface area contributed by atoms with Crippen LogP contribution in [0.5, 0.6) is 0 Å². The molecule has 6 rings (SSSR count). The fourth-order valence-electron chi connectivity index (χ4n) is 9.49. The van der Waals surface area contributed by atoms with Crippen molar-refractivity contribution in [3.8, 4) is 0 Å². The van der Waals surface area contributed by atoms with Gasteiger partial charge in [0.15, 0.2) is 0 Å². The highest BCUT2D eigenvalue weighted by Crippen LogP contribution is 2.37. The normalized spacial score (nSPS) is 35.6. The summed E-state index contributed by atoms with van der Waals surface area (Å²) in [6.45, 7) is 33.9. The molecule has 1 aliphatic carbocycles. The van der Waals surface area contributed by atoms with Crippen LogP contribution in [-0.2, 0) is 0 Å². The van der Waals surface area contributed by atoms with Crippen LogP contribution in [0.1, 0.15) is 141 Å². The van der Waals surface area contributed by atoms with Crippen LogP contribution in [-0.4, -0.2) is 155 Å². The monoisotopic (exact) mass is 769 g/mol. The van der Waals surface area contributed by atoms with Gasteiger partial charge in [-0.25, -0.2) is 4.39 Å². The minimum absolute atomic E-state index is 0.0288. The molecule has 10 nitrogen and oxygen atoms in total. The van der Waals surface area contributed by atoms with Gasteiger partial charge in [-0.05, 0) is 153 Å². The van der Waals surface area contributed by atoms with Gasteiger partial charge in [0.1, 0.15) is 6.17 Å². The van der Waals surface area contributed by atoms with Gasteiger partial charge in [0, 0.05) is 118 Å². The number of piperidine rings is 5. The molecule has 5 heterocycles. The Hall–Kier alpha value is -0.470. The molecule has 10 N–H and O–H groups in total. The van der Waals surface area contributed by atoms with Crippen LogP contribution in [0.3, 0.4) is 0 Å². The van der Waals surface area contributed by atoms with Gasteiger partial charge >= 0.3 is 0 Å². The number of nitrogens with two attached hydrogens (primary N) is 5. The molecule has 322 valence electrons. The molecule has 5 aliphatic heterocycles. The maximum atomic E-state index is 12.9. The molecule has 6 fully saturated rings. The van der Waals surface area contributed by atoms with Crippen LogP contribution in [0.2, 0.25) is 0 Å². The van der Waals surface area contributed by atoms with Crippen molar-refractivity contribution >= 4 is 0 Å². The van der Waals surface area contributed by atoms with Gasteiger partial charge in [0.05, 0.1) is 0 Å². The summed E-state index contributed by atoms with van der Waals surface area (Å²) in [5, 5.41) is 0. The van der Waals surface area contributed by atoms with Crippen molar-refractivity contribution in [1.82, 2.24) is 24.5 Å². The quantitative estimate of drug-likeness (QED) is 0.264. The molecule has 0 aromatic rings. The molecular formula is C43H93FN10. The number of likely N-dealkylation sites (tertiary alicyclic amines) is 5. The van der Waals surface area contributed by atoms with E-state index in [0.29, 0.717) is 73.4 Å². The Morgan fingerprint density at radius 3 is 1.24 bits per heavy atom. The molecule has 10 atom stereocenters. The Morgan fingerprint density at radius 1 is 0.463 bits per heavy atom. The van der Waals surface area contributed by atoms with Crippen molar-refractivity contribution in [3.63, 3.8) is 0 Å². The first-order valence-electron chi connectivity index (χ1n) is 22.4. The predicted octanol–water partition coefficient (Wildman–Crippen LogP) is 4.81. The Labute approximate surface area is 334 Å². The molecule has 0 radical (unpaired) electrons. The van der Waals surface area contributed by atoms with Crippen molar-refractivity contribution in [2.24, 2.45) is 34.6 Å². The average Bonchev–Trinajstić information content (AvgIpc) is 3.61. The van der Waals surface area contributed by atoms with Gasteiger partial charge in [-0.1, -0.05) is 0 Å². The molecule has 0 aromatic carbocycles. The van der Waals surface area contributed by atoms with E-state index in [1.165, 1.54) is 64.5 Å². The van der Waals surface area contributed by atoms with E-state index in [0.717, 1.165) is 44.2 Å². The molecular weight excluding hydrogens is 676 g/mol. The maximum Gasteiger partial charge on any atom is 0.114 e. The lowest BCUT2D eigenvalue weighted by Crippen LogP contribution is -2.50. The van der Waals surface area contributed by atoms with Crippen molar-refractivity contribution in [2.75, 3.05) is 45.8 Å². The molecule has 6 aliphatic rings. The van der Waals surface area contributed by atoms with Crippen LogP contribution in [0.25, 0.3) is 0 Å². The zero-order chi connectivity index (χ0) is 40.9. The van der Waals surface area contributed by atoms with Crippen LogP contribution < -0.4 is 28.7 Å². The minimum atomic E-state index is -0.721. The molecule has 54 heavy (non-hydrogen) atoms. The highest BCUT2D eigenvalue weighted by molar-refractivity contribution is 5.02. The summed E-state index contributed by atoms with van der Waals surface area (Å²) in [7, 11) is 0. The second-order valence-electron chi connectivity index (χ2n) is 19.4. The number of rotatable bonds is 5. The maximum absolute atomic E-state index is 12.9. The fraction of sp³-hybridized carbons (Fsp3) is 1.00. The topological polar surface area (TPSA) is 146 Å². The van der Waals surface area contributed by atoms with Crippen LogP contribution in [0, 0.1) is 5.92 Å². The first kappa shape index (κ1) is 49.7.